The molecule has 1 nitrogen and oxygen atoms in total. The van der Waals surface area contributed by atoms with E-state index in [1.165, 1.54) is 5.56 Å². The van der Waals surface area contributed by atoms with Crippen LogP contribution >= 0.6 is 15.9 Å². The van der Waals surface area contributed by atoms with Gasteiger partial charge in [-0.2, -0.15) is 0 Å². The Morgan fingerprint density at radius 2 is 2.14 bits per heavy atom. The minimum absolute atomic E-state index is 0.172. The van der Waals surface area contributed by atoms with Crippen LogP contribution in [0, 0.1) is 0 Å². The van der Waals surface area contributed by atoms with E-state index in [1.54, 1.807) is 0 Å². The third-order valence-corrected chi connectivity index (χ3v) is 2.82. The van der Waals surface area contributed by atoms with Crippen LogP contribution in [0.3, 0.4) is 0 Å². The second-order valence-electron chi connectivity index (χ2n) is 3.72. The highest BCUT2D eigenvalue weighted by Gasteiger charge is 2.06. The normalized spacial score (nSPS) is 12.5. The van der Waals surface area contributed by atoms with Gasteiger partial charge in [0.15, 0.2) is 0 Å². The Balaban J connectivity index is 2.60. The first-order chi connectivity index (χ1) is 6.59. The second-order valence-corrected chi connectivity index (χ2v) is 4.57. The largest absolute Gasteiger partial charge is 0.327 e. The van der Waals surface area contributed by atoms with Gasteiger partial charge in [0, 0.05) is 10.5 Å². The van der Waals surface area contributed by atoms with Gasteiger partial charge < -0.3 is 5.73 Å². The Morgan fingerprint density at radius 1 is 1.50 bits per heavy atom. The predicted molar refractivity (Wildman–Crippen MR) is 65.3 cm³/mol. The van der Waals surface area contributed by atoms with E-state index >= 15 is 0 Å². The minimum atomic E-state index is 0.172. The summed E-state index contributed by atoms with van der Waals surface area (Å²) in [6.45, 7) is 5.88. The highest BCUT2D eigenvalue weighted by atomic mass is 79.9. The molecule has 1 aromatic rings. The van der Waals surface area contributed by atoms with Crippen LogP contribution in [-0.4, -0.2) is 6.04 Å². The van der Waals surface area contributed by atoms with Crippen LogP contribution in [-0.2, 0) is 6.42 Å². The van der Waals surface area contributed by atoms with Gasteiger partial charge in [-0.05, 0) is 31.4 Å². The van der Waals surface area contributed by atoms with Crippen molar-refractivity contribution in [2.45, 2.75) is 25.8 Å². The third-order valence-electron chi connectivity index (χ3n) is 2.05. The van der Waals surface area contributed by atoms with Gasteiger partial charge >= 0.3 is 0 Å². The molecule has 1 rings (SSSR count). The maximum absolute atomic E-state index is 5.99. The summed E-state index contributed by atoms with van der Waals surface area (Å²) in [5.74, 6) is 0. The molecule has 2 heteroatoms. The van der Waals surface area contributed by atoms with Crippen molar-refractivity contribution < 1.29 is 0 Å². The van der Waals surface area contributed by atoms with Crippen molar-refractivity contribution in [1.82, 2.24) is 0 Å². The lowest BCUT2D eigenvalue weighted by Crippen LogP contribution is -2.23. The summed E-state index contributed by atoms with van der Waals surface area (Å²) >= 11 is 3.51. The van der Waals surface area contributed by atoms with Gasteiger partial charge in [-0.1, -0.05) is 39.7 Å². The number of hydrogen-bond donors (Lipinski definition) is 1. The van der Waals surface area contributed by atoms with Crippen molar-refractivity contribution in [3.8, 4) is 0 Å². The van der Waals surface area contributed by atoms with E-state index in [4.69, 9.17) is 5.73 Å². The lowest BCUT2D eigenvalue weighted by atomic mass is 10.0. The highest BCUT2D eigenvalue weighted by Crippen LogP contribution is 2.18. The zero-order chi connectivity index (χ0) is 10.6. The van der Waals surface area contributed by atoms with Crippen LogP contribution in [0.5, 0.6) is 0 Å². The summed E-state index contributed by atoms with van der Waals surface area (Å²) < 4.78 is 1.14. The molecule has 0 bridgehead atoms. The van der Waals surface area contributed by atoms with Gasteiger partial charge in [0.2, 0.25) is 0 Å². The number of rotatable bonds is 4. The Bertz CT molecular complexity index is 320. The average Bonchev–Trinajstić information content (AvgIpc) is 2.07. The molecule has 0 aromatic heterocycles. The van der Waals surface area contributed by atoms with Crippen LogP contribution in [0.15, 0.2) is 40.9 Å². The van der Waals surface area contributed by atoms with E-state index in [0.29, 0.717) is 0 Å². The van der Waals surface area contributed by atoms with Crippen LogP contribution < -0.4 is 5.73 Å². The quantitative estimate of drug-likeness (QED) is 0.820. The lowest BCUT2D eigenvalue weighted by Gasteiger charge is -2.12. The van der Waals surface area contributed by atoms with E-state index in [-0.39, 0.29) is 6.04 Å². The molecular formula is C12H16BrN. The topological polar surface area (TPSA) is 26.0 Å². The molecule has 1 unspecified atom stereocenters. The van der Waals surface area contributed by atoms with Crippen molar-refractivity contribution in [2.75, 3.05) is 0 Å². The fourth-order valence-electron chi connectivity index (χ4n) is 1.47. The van der Waals surface area contributed by atoms with Crippen molar-refractivity contribution in [3.63, 3.8) is 0 Å². The number of nitrogens with two attached hydrogens (primary N) is 1. The van der Waals surface area contributed by atoms with Gasteiger partial charge in [-0.15, -0.1) is 6.58 Å². The van der Waals surface area contributed by atoms with Gasteiger partial charge in [-0.25, -0.2) is 0 Å². The van der Waals surface area contributed by atoms with E-state index in [1.807, 2.05) is 25.1 Å². The first-order valence-electron chi connectivity index (χ1n) is 4.73. The predicted octanol–water partition coefficient (Wildman–Crippen LogP) is 3.29. The van der Waals surface area contributed by atoms with Crippen molar-refractivity contribution in [1.29, 1.82) is 0 Å². The average molecular weight is 254 g/mol. The molecule has 0 radical (unpaired) electrons. The molecule has 0 amide bonds. The molecular weight excluding hydrogens is 238 g/mol. The SMILES string of the molecule is C=C(C)CC(N)Cc1ccccc1Br. The molecule has 0 aliphatic carbocycles. The summed E-state index contributed by atoms with van der Waals surface area (Å²) in [5.41, 5.74) is 8.40. The monoisotopic (exact) mass is 253 g/mol. The molecule has 1 atom stereocenters. The highest BCUT2D eigenvalue weighted by molar-refractivity contribution is 9.10. The molecule has 0 saturated heterocycles. The standard InChI is InChI=1S/C12H16BrN/c1-9(2)7-11(14)8-10-5-3-4-6-12(10)13/h3-6,11H,1,7-8,14H2,2H3. The van der Waals surface area contributed by atoms with Crippen molar-refractivity contribution in [2.24, 2.45) is 5.73 Å². The van der Waals surface area contributed by atoms with E-state index in [2.05, 4.69) is 28.6 Å². The summed E-state index contributed by atoms with van der Waals surface area (Å²) in [6.07, 6.45) is 1.79. The Hall–Kier alpha value is -0.600. The van der Waals surface area contributed by atoms with Crippen molar-refractivity contribution in [3.05, 3.63) is 46.5 Å². The Labute approximate surface area is 94.1 Å². The molecule has 76 valence electrons. The van der Waals surface area contributed by atoms with Crippen LogP contribution in [0.25, 0.3) is 0 Å². The van der Waals surface area contributed by atoms with E-state index in [0.717, 1.165) is 22.9 Å². The van der Waals surface area contributed by atoms with Gasteiger partial charge in [0.05, 0.1) is 0 Å². The maximum Gasteiger partial charge on any atom is 0.0207 e. The molecule has 0 aliphatic rings. The van der Waals surface area contributed by atoms with E-state index < -0.39 is 0 Å². The zero-order valence-corrected chi connectivity index (χ0v) is 10.0. The van der Waals surface area contributed by atoms with Gasteiger partial charge in [-0.3, -0.25) is 0 Å². The molecule has 0 spiro atoms. The molecule has 0 fully saturated rings. The van der Waals surface area contributed by atoms with Gasteiger partial charge in [0.1, 0.15) is 0 Å². The summed E-state index contributed by atoms with van der Waals surface area (Å²) in [7, 11) is 0. The van der Waals surface area contributed by atoms with Crippen LogP contribution in [0.1, 0.15) is 18.9 Å². The van der Waals surface area contributed by atoms with Crippen molar-refractivity contribution >= 4 is 15.9 Å². The number of hydrogen-bond acceptors (Lipinski definition) is 1. The maximum atomic E-state index is 5.99. The van der Waals surface area contributed by atoms with Crippen LogP contribution in [0.2, 0.25) is 0 Å². The molecule has 14 heavy (non-hydrogen) atoms. The first-order valence-corrected chi connectivity index (χ1v) is 5.52. The number of benzene rings is 1. The van der Waals surface area contributed by atoms with Crippen LogP contribution in [0.4, 0.5) is 0 Å². The fraction of sp³-hybridized carbons (Fsp3) is 0.333. The first kappa shape index (κ1) is 11.5. The molecule has 0 aliphatic heterocycles. The molecule has 0 heterocycles. The number of halogens is 1. The zero-order valence-electron chi connectivity index (χ0n) is 8.46. The lowest BCUT2D eigenvalue weighted by molar-refractivity contribution is 0.660. The third kappa shape index (κ3) is 3.64. The Morgan fingerprint density at radius 3 is 2.71 bits per heavy atom. The fourth-order valence-corrected chi connectivity index (χ4v) is 1.91. The molecule has 0 saturated carbocycles. The molecule has 1 aromatic carbocycles. The summed E-state index contributed by atoms with van der Waals surface area (Å²) in [5, 5.41) is 0. The summed E-state index contributed by atoms with van der Waals surface area (Å²) in [4.78, 5) is 0. The molecule has 2 N–H and O–H groups in total. The Kier molecular flexibility index (Phi) is 4.36. The second kappa shape index (κ2) is 5.32. The minimum Gasteiger partial charge on any atom is -0.327 e. The van der Waals surface area contributed by atoms with Gasteiger partial charge in [0.25, 0.3) is 0 Å². The smallest absolute Gasteiger partial charge is 0.0207 e. The van der Waals surface area contributed by atoms with E-state index in [9.17, 15) is 0 Å². The summed E-state index contributed by atoms with van der Waals surface area (Å²) in [6, 6.07) is 8.36.